The zero-order valence-corrected chi connectivity index (χ0v) is 17.3. The van der Waals surface area contributed by atoms with Crippen LogP contribution >= 0.6 is 12.4 Å². The number of ether oxygens (including phenoxy) is 1. The molecule has 3 rings (SSSR count). The van der Waals surface area contributed by atoms with Gasteiger partial charge in [0.25, 0.3) is 5.91 Å². The Morgan fingerprint density at radius 2 is 1.93 bits per heavy atom. The molecule has 7 heteroatoms. The van der Waals surface area contributed by atoms with Gasteiger partial charge in [0.05, 0.1) is 5.92 Å². The largest absolute Gasteiger partial charge is 0.368 e. The average molecular weight is 418 g/mol. The second kappa shape index (κ2) is 11.0. The number of anilines is 1. The van der Waals surface area contributed by atoms with E-state index < -0.39 is 0 Å². The van der Waals surface area contributed by atoms with E-state index in [1.165, 1.54) is 0 Å². The van der Waals surface area contributed by atoms with Crippen LogP contribution in [0, 0.1) is 5.92 Å². The number of amides is 2. The van der Waals surface area contributed by atoms with Crippen LogP contribution in [0.15, 0.2) is 54.6 Å². The maximum absolute atomic E-state index is 12.5. The van der Waals surface area contributed by atoms with Crippen molar-refractivity contribution >= 4 is 29.9 Å². The standard InChI is InChI=1S/C22H27N3O3.ClH/c1-15(20(23)17-8-3-2-4-9-17)21(26)24-14-16-7-5-10-18(13-16)25-22(27)19-11-6-12-28-19;/h2-5,7-10,13,15,19-20H,6,11-12,14,23H2,1H3,(H,24,26)(H,25,27);1H. The fourth-order valence-electron chi connectivity index (χ4n) is 3.24. The Hall–Kier alpha value is -2.41. The summed E-state index contributed by atoms with van der Waals surface area (Å²) >= 11 is 0. The summed E-state index contributed by atoms with van der Waals surface area (Å²) in [5, 5.41) is 5.81. The molecule has 1 aliphatic rings. The molecule has 0 aromatic heterocycles. The molecule has 6 nitrogen and oxygen atoms in total. The molecule has 3 atom stereocenters. The first-order valence-electron chi connectivity index (χ1n) is 9.64. The summed E-state index contributed by atoms with van der Waals surface area (Å²) in [5.74, 6) is -0.587. The van der Waals surface area contributed by atoms with Crippen molar-refractivity contribution in [1.82, 2.24) is 5.32 Å². The molecule has 29 heavy (non-hydrogen) atoms. The number of rotatable bonds is 7. The van der Waals surface area contributed by atoms with Gasteiger partial charge in [-0.15, -0.1) is 12.4 Å². The van der Waals surface area contributed by atoms with E-state index in [-0.39, 0.29) is 42.3 Å². The molecule has 0 bridgehead atoms. The van der Waals surface area contributed by atoms with Gasteiger partial charge in [-0.25, -0.2) is 0 Å². The molecule has 4 N–H and O–H groups in total. The van der Waals surface area contributed by atoms with Gasteiger partial charge in [0.15, 0.2) is 0 Å². The molecule has 2 aromatic rings. The average Bonchev–Trinajstić information content (AvgIpc) is 3.27. The van der Waals surface area contributed by atoms with Crippen molar-refractivity contribution in [3.63, 3.8) is 0 Å². The van der Waals surface area contributed by atoms with E-state index in [0.717, 1.165) is 24.0 Å². The highest BCUT2D eigenvalue weighted by Crippen LogP contribution is 2.20. The number of nitrogens with two attached hydrogens (primary N) is 1. The molecule has 2 aromatic carbocycles. The summed E-state index contributed by atoms with van der Waals surface area (Å²) in [6.07, 6.45) is 1.29. The Labute approximate surface area is 177 Å². The lowest BCUT2D eigenvalue weighted by Gasteiger charge is -2.20. The van der Waals surface area contributed by atoms with Crippen molar-refractivity contribution in [2.24, 2.45) is 11.7 Å². The van der Waals surface area contributed by atoms with Crippen molar-refractivity contribution in [1.29, 1.82) is 0 Å². The SMILES string of the molecule is CC(C(=O)NCc1cccc(NC(=O)C2CCCO2)c1)C(N)c1ccccc1.Cl. The second-order valence-corrected chi connectivity index (χ2v) is 7.13. The number of hydrogen-bond donors (Lipinski definition) is 3. The van der Waals surface area contributed by atoms with Crippen LogP contribution in [-0.2, 0) is 20.9 Å². The summed E-state index contributed by atoms with van der Waals surface area (Å²) in [6.45, 7) is 2.83. The smallest absolute Gasteiger partial charge is 0.253 e. The summed E-state index contributed by atoms with van der Waals surface area (Å²) in [5.41, 5.74) is 8.76. The van der Waals surface area contributed by atoms with Gasteiger partial charge in [0.2, 0.25) is 5.91 Å². The first-order chi connectivity index (χ1) is 13.5. The second-order valence-electron chi connectivity index (χ2n) is 7.13. The number of nitrogens with one attached hydrogen (secondary N) is 2. The fraction of sp³-hybridized carbons (Fsp3) is 0.364. The number of carbonyl (C=O) groups excluding carboxylic acids is 2. The van der Waals surface area contributed by atoms with Crippen LogP contribution in [0.4, 0.5) is 5.69 Å². The minimum Gasteiger partial charge on any atom is -0.368 e. The van der Waals surface area contributed by atoms with E-state index in [1.54, 1.807) is 0 Å². The third-order valence-electron chi connectivity index (χ3n) is 5.02. The first kappa shape index (κ1) is 22.9. The minimum absolute atomic E-state index is 0. The topological polar surface area (TPSA) is 93.5 Å². The van der Waals surface area contributed by atoms with Gasteiger partial charge < -0.3 is 21.1 Å². The van der Waals surface area contributed by atoms with Gasteiger partial charge in [0, 0.05) is 24.9 Å². The van der Waals surface area contributed by atoms with Crippen molar-refractivity contribution in [3.05, 3.63) is 65.7 Å². The highest BCUT2D eigenvalue weighted by Gasteiger charge is 2.24. The zero-order chi connectivity index (χ0) is 19.9. The predicted octanol–water partition coefficient (Wildman–Crippen LogP) is 3.18. The zero-order valence-electron chi connectivity index (χ0n) is 16.5. The molecule has 2 amide bonds. The van der Waals surface area contributed by atoms with Crippen molar-refractivity contribution < 1.29 is 14.3 Å². The van der Waals surface area contributed by atoms with Crippen molar-refractivity contribution in [2.45, 2.75) is 38.5 Å². The number of carbonyl (C=O) groups is 2. The van der Waals surface area contributed by atoms with E-state index in [1.807, 2.05) is 61.5 Å². The summed E-state index contributed by atoms with van der Waals surface area (Å²) in [6, 6.07) is 16.7. The van der Waals surface area contributed by atoms with Crippen LogP contribution in [0.1, 0.15) is 36.9 Å². The maximum atomic E-state index is 12.5. The Balaban J connectivity index is 0.00000300. The quantitative estimate of drug-likeness (QED) is 0.645. The third kappa shape index (κ3) is 6.29. The Bertz CT molecular complexity index is 810. The molecule has 0 saturated carbocycles. The molecule has 3 unspecified atom stereocenters. The Morgan fingerprint density at radius 1 is 1.17 bits per heavy atom. The van der Waals surface area contributed by atoms with E-state index in [4.69, 9.17) is 10.5 Å². The van der Waals surface area contributed by atoms with E-state index in [9.17, 15) is 9.59 Å². The van der Waals surface area contributed by atoms with Crippen LogP contribution in [0.25, 0.3) is 0 Å². The molecule has 1 heterocycles. The van der Waals surface area contributed by atoms with Gasteiger partial charge in [-0.05, 0) is 36.1 Å². The van der Waals surface area contributed by atoms with Crippen LogP contribution in [0.3, 0.4) is 0 Å². The van der Waals surface area contributed by atoms with Crippen molar-refractivity contribution in [2.75, 3.05) is 11.9 Å². The fourth-order valence-corrected chi connectivity index (χ4v) is 3.24. The Kier molecular flexibility index (Phi) is 8.64. The van der Waals surface area contributed by atoms with Gasteiger partial charge in [0.1, 0.15) is 6.10 Å². The van der Waals surface area contributed by atoms with E-state index in [2.05, 4.69) is 10.6 Å². The van der Waals surface area contributed by atoms with Gasteiger partial charge in [-0.3, -0.25) is 9.59 Å². The van der Waals surface area contributed by atoms with E-state index in [0.29, 0.717) is 18.8 Å². The summed E-state index contributed by atoms with van der Waals surface area (Å²) in [4.78, 5) is 24.7. The molecular weight excluding hydrogens is 390 g/mol. The van der Waals surface area contributed by atoms with Crippen LogP contribution < -0.4 is 16.4 Å². The molecular formula is C22H28ClN3O3. The van der Waals surface area contributed by atoms with Gasteiger partial charge in [-0.2, -0.15) is 0 Å². The summed E-state index contributed by atoms with van der Waals surface area (Å²) in [7, 11) is 0. The lowest BCUT2D eigenvalue weighted by Crippen LogP contribution is -2.35. The molecule has 1 fully saturated rings. The summed E-state index contributed by atoms with van der Waals surface area (Å²) < 4.78 is 5.40. The monoisotopic (exact) mass is 417 g/mol. The highest BCUT2D eigenvalue weighted by molar-refractivity contribution is 5.94. The van der Waals surface area contributed by atoms with Crippen molar-refractivity contribution in [3.8, 4) is 0 Å². The predicted molar refractivity (Wildman–Crippen MR) is 116 cm³/mol. The van der Waals surface area contributed by atoms with Crippen LogP contribution in [0.2, 0.25) is 0 Å². The number of benzene rings is 2. The third-order valence-corrected chi connectivity index (χ3v) is 5.02. The first-order valence-corrected chi connectivity index (χ1v) is 9.64. The van der Waals surface area contributed by atoms with E-state index >= 15 is 0 Å². The molecule has 1 aliphatic heterocycles. The molecule has 1 saturated heterocycles. The van der Waals surface area contributed by atoms with Gasteiger partial charge >= 0.3 is 0 Å². The number of halogens is 1. The highest BCUT2D eigenvalue weighted by atomic mass is 35.5. The Morgan fingerprint density at radius 3 is 2.62 bits per heavy atom. The lowest BCUT2D eigenvalue weighted by atomic mass is 9.94. The molecule has 0 radical (unpaired) electrons. The number of hydrogen-bond acceptors (Lipinski definition) is 4. The normalized spacial score (nSPS) is 17.7. The maximum Gasteiger partial charge on any atom is 0.253 e. The molecule has 0 spiro atoms. The van der Waals surface area contributed by atoms with Crippen LogP contribution in [-0.4, -0.2) is 24.5 Å². The lowest BCUT2D eigenvalue weighted by molar-refractivity contribution is -0.125. The van der Waals surface area contributed by atoms with Gasteiger partial charge in [-0.1, -0.05) is 49.4 Å². The molecule has 156 valence electrons. The van der Waals surface area contributed by atoms with Crippen LogP contribution in [0.5, 0.6) is 0 Å². The molecule has 0 aliphatic carbocycles. The minimum atomic E-state index is -0.372.